The van der Waals surface area contributed by atoms with Crippen LogP contribution in [0.3, 0.4) is 0 Å². The molecule has 0 spiro atoms. The molecule has 100 valence electrons. The Hall–Kier alpha value is -2.14. The van der Waals surface area contributed by atoms with Gasteiger partial charge in [-0.1, -0.05) is 12.1 Å². The number of hydrogen-bond donors (Lipinski definition) is 2. The van der Waals surface area contributed by atoms with Gasteiger partial charge in [-0.05, 0) is 30.7 Å². The van der Waals surface area contributed by atoms with Crippen LogP contribution in [-0.2, 0) is 5.60 Å². The van der Waals surface area contributed by atoms with Crippen LogP contribution in [0.2, 0.25) is 0 Å². The summed E-state index contributed by atoms with van der Waals surface area (Å²) in [6, 6.07) is 9.11. The number of methoxy groups -OCH3 is 1. The molecule has 5 heteroatoms. The molecule has 1 atom stereocenters. The molecule has 0 aliphatic heterocycles. The summed E-state index contributed by atoms with van der Waals surface area (Å²) >= 11 is 0. The molecule has 0 amide bonds. The fourth-order valence-electron chi connectivity index (χ4n) is 1.71. The van der Waals surface area contributed by atoms with Crippen LogP contribution in [0, 0.1) is 0 Å². The van der Waals surface area contributed by atoms with Gasteiger partial charge in [-0.15, -0.1) is 0 Å². The topological polar surface area (TPSA) is 67.3 Å². The van der Waals surface area contributed by atoms with Gasteiger partial charge >= 0.3 is 0 Å². The van der Waals surface area contributed by atoms with E-state index >= 15 is 0 Å². The first-order valence-electron chi connectivity index (χ1n) is 5.98. The van der Waals surface area contributed by atoms with Crippen LogP contribution in [0.15, 0.2) is 42.9 Å². The highest BCUT2D eigenvalue weighted by atomic mass is 16.5. The van der Waals surface area contributed by atoms with Crippen LogP contribution in [-0.4, -0.2) is 28.7 Å². The quantitative estimate of drug-likeness (QED) is 0.857. The molecule has 5 nitrogen and oxygen atoms in total. The predicted octanol–water partition coefficient (Wildman–Crippen LogP) is 1.80. The standard InChI is InChI=1S/C14H17N3O2/c1-14(18,9-16-13-7-8-15-10-17-13)11-3-5-12(19-2)6-4-11/h3-8,10,18H,9H2,1-2H3,(H,15,16,17). The molecule has 0 fully saturated rings. The summed E-state index contributed by atoms with van der Waals surface area (Å²) in [6.45, 7) is 2.11. The Bertz CT molecular complexity index is 512. The zero-order valence-electron chi connectivity index (χ0n) is 11.0. The van der Waals surface area contributed by atoms with E-state index < -0.39 is 5.60 Å². The number of aromatic nitrogens is 2. The number of rotatable bonds is 5. The monoisotopic (exact) mass is 259 g/mol. The van der Waals surface area contributed by atoms with Crippen molar-refractivity contribution in [3.8, 4) is 5.75 Å². The number of nitrogens with zero attached hydrogens (tertiary/aromatic N) is 2. The molecule has 0 aliphatic carbocycles. The molecule has 2 N–H and O–H groups in total. The Labute approximate surface area is 112 Å². The van der Waals surface area contributed by atoms with Gasteiger partial charge in [0.2, 0.25) is 0 Å². The van der Waals surface area contributed by atoms with Gasteiger partial charge in [0.05, 0.1) is 7.11 Å². The normalized spacial score (nSPS) is 13.6. The van der Waals surface area contributed by atoms with Crippen molar-refractivity contribution in [1.29, 1.82) is 0 Å². The van der Waals surface area contributed by atoms with Crippen molar-refractivity contribution in [1.82, 2.24) is 9.97 Å². The van der Waals surface area contributed by atoms with Gasteiger partial charge in [-0.3, -0.25) is 0 Å². The highest BCUT2D eigenvalue weighted by molar-refractivity contribution is 5.35. The van der Waals surface area contributed by atoms with E-state index in [-0.39, 0.29) is 0 Å². The molecule has 1 unspecified atom stereocenters. The Morgan fingerprint density at radius 2 is 2.00 bits per heavy atom. The summed E-state index contributed by atoms with van der Waals surface area (Å²) in [7, 11) is 1.61. The molecule has 2 rings (SSSR count). The summed E-state index contributed by atoms with van der Waals surface area (Å²) in [6.07, 6.45) is 3.11. The third-order valence-corrected chi connectivity index (χ3v) is 2.91. The SMILES string of the molecule is COc1ccc(C(C)(O)CNc2ccncn2)cc1. The second-order valence-corrected chi connectivity index (χ2v) is 4.45. The first kappa shape index (κ1) is 13.3. The first-order chi connectivity index (χ1) is 9.12. The van der Waals surface area contributed by atoms with E-state index in [1.54, 1.807) is 26.3 Å². The molecular formula is C14H17N3O2. The third kappa shape index (κ3) is 3.42. The van der Waals surface area contributed by atoms with Crippen molar-refractivity contribution in [3.05, 3.63) is 48.4 Å². The number of benzene rings is 1. The second-order valence-electron chi connectivity index (χ2n) is 4.45. The lowest BCUT2D eigenvalue weighted by molar-refractivity contribution is 0.0714. The summed E-state index contributed by atoms with van der Waals surface area (Å²) in [5.41, 5.74) is -0.174. The molecule has 19 heavy (non-hydrogen) atoms. The van der Waals surface area contributed by atoms with Crippen molar-refractivity contribution < 1.29 is 9.84 Å². The van der Waals surface area contributed by atoms with E-state index in [1.807, 2.05) is 24.3 Å². The van der Waals surface area contributed by atoms with E-state index in [4.69, 9.17) is 4.74 Å². The van der Waals surface area contributed by atoms with Gasteiger partial charge in [-0.25, -0.2) is 9.97 Å². The minimum Gasteiger partial charge on any atom is -0.497 e. The molecular weight excluding hydrogens is 242 g/mol. The molecule has 0 aliphatic rings. The van der Waals surface area contributed by atoms with Crippen LogP contribution < -0.4 is 10.1 Å². The zero-order chi connectivity index (χ0) is 13.7. The number of ether oxygens (including phenoxy) is 1. The van der Waals surface area contributed by atoms with Crippen molar-refractivity contribution in [2.45, 2.75) is 12.5 Å². The van der Waals surface area contributed by atoms with Crippen LogP contribution in [0.1, 0.15) is 12.5 Å². The van der Waals surface area contributed by atoms with Gasteiger partial charge < -0.3 is 15.2 Å². The van der Waals surface area contributed by atoms with Gasteiger partial charge in [0.15, 0.2) is 0 Å². The molecule has 0 bridgehead atoms. The minimum absolute atomic E-state index is 0.357. The van der Waals surface area contributed by atoms with Crippen LogP contribution in [0.25, 0.3) is 0 Å². The first-order valence-corrected chi connectivity index (χ1v) is 5.98. The maximum Gasteiger partial charge on any atom is 0.129 e. The summed E-state index contributed by atoms with van der Waals surface area (Å²) in [5.74, 6) is 1.45. The van der Waals surface area contributed by atoms with E-state index in [0.29, 0.717) is 12.4 Å². The van der Waals surface area contributed by atoms with E-state index in [2.05, 4.69) is 15.3 Å². The zero-order valence-corrected chi connectivity index (χ0v) is 11.0. The summed E-state index contributed by atoms with van der Waals surface area (Å²) in [4.78, 5) is 7.89. The average molecular weight is 259 g/mol. The van der Waals surface area contributed by atoms with Crippen LogP contribution in [0.4, 0.5) is 5.82 Å². The lowest BCUT2D eigenvalue weighted by Gasteiger charge is -2.24. The van der Waals surface area contributed by atoms with Crippen molar-refractivity contribution in [3.63, 3.8) is 0 Å². The summed E-state index contributed by atoms with van der Waals surface area (Å²) in [5, 5.41) is 13.5. The van der Waals surface area contributed by atoms with Gasteiger partial charge in [0.1, 0.15) is 23.5 Å². The Morgan fingerprint density at radius 3 is 2.58 bits per heavy atom. The predicted molar refractivity (Wildman–Crippen MR) is 73.1 cm³/mol. The number of anilines is 1. The second kappa shape index (κ2) is 5.67. The number of hydrogen-bond acceptors (Lipinski definition) is 5. The van der Waals surface area contributed by atoms with Crippen molar-refractivity contribution >= 4 is 5.82 Å². The average Bonchev–Trinajstić information content (AvgIpc) is 2.46. The Balaban J connectivity index is 2.04. The maximum absolute atomic E-state index is 10.5. The third-order valence-electron chi connectivity index (χ3n) is 2.91. The van der Waals surface area contributed by atoms with Gasteiger partial charge in [0.25, 0.3) is 0 Å². The lowest BCUT2D eigenvalue weighted by atomic mass is 9.96. The highest BCUT2D eigenvalue weighted by Gasteiger charge is 2.22. The van der Waals surface area contributed by atoms with Crippen LogP contribution >= 0.6 is 0 Å². The van der Waals surface area contributed by atoms with Gasteiger partial charge in [0, 0.05) is 12.7 Å². The van der Waals surface area contributed by atoms with Gasteiger partial charge in [-0.2, -0.15) is 0 Å². The summed E-state index contributed by atoms with van der Waals surface area (Å²) < 4.78 is 5.10. The fourth-order valence-corrected chi connectivity index (χ4v) is 1.71. The molecule has 1 aromatic heterocycles. The van der Waals surface area contributed by atoms with Crippen LogP contribution in [0.5, 0.6) is 5.75 Å². The minimum atomic E-state index is -0.989. The largest absolute Gasteiger partial charge is 0.497 e. The van der Waals surface area contributed by atoms with Crippen molar-refractivity contribution in [2.75, 3.05) is 19.0 Å². The number of nitrogens with one attached hydrogen (secondary N) is 1. The lowest BCUT2D eigenvalue weighted by Crippen LogP contribution is -2.30. The molecule has 0 radical (unpaired) electrons. The van der Waals surface area contributed by atoms with Crippen molar-refractivity contribution in [2.24, 2.45) is 0 Å². The van der Waals surface area contributed by atoms with E-state index in [0.717, 1.165) is 11.3 Å². The molecule has 1 aromatic carbocycles. The molecule has 0 saturated carbocycles. The fraction of sp³-hybridized carbons (Fsp3) is 0.286. The maximum atomic E-state index is 10.5. The Morgan fingerprint density at radius 1 is 1.26 bits per heavy atom. The molecule has 1 heterocycles. The number of aliphatic hydroxyl groups is 1. The van der Waals surface area contributed by atoms with E-state index in [1.165, 1.54) is 6.33 Å². The van der Waals surface area contributed by atoms with E-state index in [9.17, 15) is 5.11 Å². The Kier molecular flexibility index (Phi) is 3.97. The highest BCUT2D eigenvalue weighted by Crippen LogP contribution is 2.23. The smallest absolute Gasteiger partial charge is 0.129 e. The molecule has 0 saturated heterocycles. The molecule has 2 aromatic rings.